The third-order valence-corrected chi connectivity index (χ3v) is 10.1. The maximum absolute atomic E-state index is 15.3. The lowest BCUT2D eigenvalue weighted by atomic mass is 9.40. The van der Waals surface area contributed by atoms with E-state index in [0.717, 1.165) is 24.0 Å². The van der Waals surface area contributed by atoms with Gasteiger partial charge in [-0.3, -0.25) is 14.4 Å². The lowest BCUT2D eigenvalue weighted by Gasteiger charge is -2.60. The molecule has 0 spiro atoms. The van der Waals surface area contributed by atoms with Gasteiger partial charge in [0, 0.05) is 17.4 Å². The van der Waals surface area contributed by atoms with Gasteiger partial charge in [-0.05, 0) is 91.9 Å². The molecule has 1 aliphatic heterocycles. The smallest absolute Gasteiger partial charge is 0.319 e. The fraction of sp³-hybridized carbons (Fsp3) is 0.694. The van der Waals surface area contributed by atoms with Crippen molar-refractivity contribution in [2.45, 2.75) is 120 Å². The summed E-state index contributed by atoms with van der Waals surface area (Å²) in [5.74, 6) is -2.34. The Morgan fingerprint density at radius 1 is 1.00 bits per heavy atom. The van der Waals surface area contributed by atoms with Crippen LogP contribution in [0, 0.1) is 34.0 Å². The van der Waals surface area contributed by atoms with E-state index in [4.69, 9.17) is 9.47 Å². The monoisotopic (exact) mass is 582 g/mol. The third kappa shape index (κ3) is 5.73. The summed E-state index contributed by atoms with van der Waals surface area (Å²) >= 11 is 0. The minimum atomic E-state index is -1.50. The number of epoxide rings is 1. The molecule has 5 atom stereocenters. The molecule has 234 valence electrons. The van der Waals surface area contributed by atoms with Crippen molar-refractivity contribution in [3.8, 4) is 0 Å². The molecule has 0 aromatic carbocycles. The average molecular weight is 583 g/mol. The van der Waals surface area contributed by atoms with Crippen LogP contribution in [0.5, 0.6) is 0 Å². The second-order valence-electron chi connectivity index (χ2n) is 14.9. The number of allylic oxidation sites excluding steroid dienone is 8. The molecule has 1 saturated carbocycles. The Labute approximate surface area is 253 Å². The lowest BCUT2D eigenvalue weighted by molar-refractivity contribution is -0.178. The minimum absolute atomic E-state index is 0.160. The first-order valence-electron chi connectivity index (χ1n) is 15.5. The zero-order chi connectivity index (χ0) is 32.0. The summed E-state index contributed by atoms with van der Waals surface area (Å²) in [5.41, 5.74) is -0.641. The number of rotatable bonds is 11. The molecule has 0 amide bonds. The quantitative estimate of drug-likeness (QED) is 0.115. The molecule has 6 heteroatoms. The van der Waals surface area contributed by atoms with Crippen LogP contribution in [0.25, 0.3) is 0 Å². The van der Waals surface area contributed by atoms with Crippen LogP contribution >= 0.6 is 0 Å². The normalized spacial score (nSPS) is 31.5. The SMILES string of the molecule is COC(=O)[C@@]1(C/C=C(\C)CCC=C(C)C)C[C@@H]2[C@H]([C@@H]3OC3(C)C)[C@](CC=C(C)C)(C1=O)C(O)=C(C(=O)C(C)C)C2(C)C. The van der Waals surface area contributed by atoms with Gasteiger partial charge in [-0.15, -0.1) is 0 Å². The molecule has 0 aromatic rings. The van der Waals surface area contributed by atoms with E-state index < -0.39 is 33.7 Å². The van der Waals surface area contributed by atoms with Crippen molar-refractivity contribution in [3.63, 3.8) is 0 Å². The van der Waals surface area contributed by atoms with Crippen LogP contribution in [-0.4, -0.2) is 41.5 Å². The van der Waals surface area contributed by atoms with Gasteiger partial charge in [-0.2, -0.15) is 0 Å². The third-order valence-electron chi connectivity index (χ3n) is 10.1. The molecule has 3 aliphatic rings. The molecule has 6 nitrogen and oxygen atoms in total. The van der Waals surface area contributed by atoms with Gasteiger partial charge in [0.05, 0.1) is 24.2 Å². The van der Waals surface area contributed by atoms with Crippen molar-refractivity contribution < 1.29 is 29.0 Å². The number of carbonyl (C=O) groups is 3. The second kappa shape index (κ2) is 11.9. The Morgan fingerprint density at radius 3 is 2.05 bits per heavy atom. The molecule has 2 bridgehead atoms. The van der Waals surface area contributed by atoms with E-state index >= 15 is 4.79 Å². The second-order valence-corrected chi connectivity index (χ2v) is 14.9. The topological polar surface area (TPSA) is 93.2 Å². The summed E-state index contributed by atoms with van der Waals surface area (Å²) < 4.78 is 11.6. The van der Waals surface area contributed by atoms with E-state index in [-0.39, 0.29) is 54.5 Å². The highest BCUT2D eigenvalue weighted by molar-refractivity contribution is 6.10. The first-order chi connectivity index (χ1) is 19.3. The number of aliphatic hydroxyl groups is 1. The van der Waals surface area contributed by atoms with Gasteiger partial charge in [0.2, 0.25) is 0 Å². The summed E-state index contributed by atoms with van der Waals surface area (Å²) in [6.07, 6.45) is 8.13. The molecule has 2 aliphatic carbocycles. The van der Waals surface area contributed by atoms with Crippen molar-refractivity contribution in [1.82, 2.24) is 0 Å². The number of methoxy groups -OCH3 is 1. The summed E-state index contributed by atoms with van der Waals surface area (Å²) in [6.45, 7) is 21.7. The standard InChI is InChI=1S/C36H54O6/c1-21(2)14-13-15-24(7)17-18-35(32(40)41-12)20-25-26(30-34(10,11)42-30)36(31(35)39,19-16-22(3)4)29(38)27(33(25,8)9)28(37)23(5)6/h14,16-17,23,25-26,30,38H,13,15,18-20H2,1-12H3/b24-17+/t25-,26-,30+,35+,36+/m1/s1. The van der Waals surface area contributed by atoms with Gasteiger partial charge < -0.3 is 14.6 Å². The van der Waals surface area contributed by atoms with Crippen LogP contribution in [0.1, 0.15) is 108 Å². The number of Topliss-reactive ketones (excluding diaryl/α,β-unsaturated/α-hetero) is 2. The Morgan fingerprint density at radius 2 is 1.57 bits per heavy atom. The van der Waals surface area contributed by atoms with Crippen LogP contribution in [0.15, 0.2) is 46.3 Å². The molecule has 1 heterocycles. The molecule has 1 saturated heterocycles. The zero-order valence-electron chi connectivity index (χ0n) is 28.1. The van der Waals surface area contributed by atoms with Gasteiger partial charge in [0.1, 0.15) is 11.2 Å². The number of ether oxygens (including phenoxy) is 2. The van der Waals surface area contributed by atoms with Gasteiger partial charge in [-0.25, -0.2) is 0 Å². The fourth-order valence-electron chi connectivity index (χ4n) is 7.55. The largest absolute Gasteiger partial charge is 0.511 e. The van der Waals surface area contributed by atoms with Gasteiger partial charge in [0.25, 0.3) is 0 Å². The van der Waals surface area contributed by atoms with E-state index in [0.29, 0.717) is 5.57 Å². The summed E-state index contributed by atoms with van der Waals surface area (Å²) in [6, 6.07) is 0. The average Bonchev–Trinajstić information content (AvgIpc) is 3.52. The molecule has 0 aromatic heterocycles. The zero-order valence-corrected chi connectivity index (χ0v) is 28.1. The van der Waals surface area contributed by atoms with E-state index in [1.807, 2.05) is 74.5 Å². The predicted octanol–water partition coefficient (Wildman–Crippen LogP) is 8.03. The van der Waals surface area contributed by atoms with Crippen LogP contribution in [0.3, 0.4) is 0 Å². The Kier molecular flexibility index (Phi) is 9.64. The van der Waals surface area contributed by atoms with Gasteiger partial charge in [0.15, 0.2) is 11.6 Å². The minimum Gasteiger partial charge on any atom is -0.511 e. The highest BCUT2D eigenvalue weighted by Gasteiger charge is 2.76. The number of fused-ring (bicyclic) bond motifs is 2. The van der Waals surface area contributed by atoms with Crippen LogP contribution in [-0.2, 0) is 23.9 Å². The van der Waals surface area contributed by atoms with E-state index in [9.17, 15) is 14.7 Å². The molecule has 2 fully saturated rings. The number of carbonyl (C=O) groups excluding carboxylic acids is 3. The molecule has 3 rings (SSSR count). The fourth-order valence-corrected chi connectivity index (χ4v) is 7.55. The highest BCUT2D eigenvalue weighted by atomic mass is 16.6. The van der Waals surface area contributed by atoms with E-state index in [1.54, 1.807) is 0 Å². The molecular formula is C36H54O6. The van der Waals surface area contributed by atoms with Crippen LogP contribution < -0.4 is 0 Å². The molecule has 0 radical (unpaired) electrons. The molecule has 0 unspecified atom stereocenters. The highest BCUT2D eigenvalue weighted by Crippen LogP contribution is 2.70. The maximum Gasteiger partial charge on any atom is 0.319 e. The number of hydrogen-bond acceptors (Lipinski definition) is 6. The number of aliphatic hydroxyl groups excluding tert-OH is 1. The first kappa shape index (κ1) is 34.0. The molecule has 1 N–H and O–H groups in total. The number of ketones is 2. The van der Waals surface area contributed by atoms with Crippen molar-refractivity contribution in [1.29, 1.82) is 0 Å². The van der Waals surface area contributed by atoms with Gasteiger partial charge >= 0.3 is 5.97 Å². The number of hydrogen-bond donors (Lipinski definition) is 1. The first-order valence-corrected chi connectivity index (χ1v) is 15.5. The van der Waals surface area contributed by atoms with Crippen molar-refractivity contribution >= 4 is 17.5 Å². The lowest BCUT2D eigenvalue weighted by Crippen LogP contribution is -2.66. The Hall–Kier alpha value is -2.47. The molecular weight excluding hydrogens is 528 g/mol. The maximum atomic E-state index is 15.3. The summed E-state index contributed by atoms with van der Waals surface area (Å²) in [5, 5.41) is 12.4. The Bertz CT molecular complexity index is 1230. The van der Waals surface area contributed by atoms with E-state index in [1.165, 1.54) is 12.7 Å². The van der Waals surface area contributed by atoms with Gasteiger partial charge in [-0.1, -0.05) is 62.6 Å². The van der Waals surface area contributed by atoms with Crippen molar-refractivity contribution in [2.75, 3.05) is 7.11 Å². The van der Waals surface area contributed by atoms with Crippen LogP contribution in [0.2, 0.25) is 0 Å². The summed E-state index contributed by atoms with van der Waals surface area (Å²) in [4.78, 5) is 43.0. The van der Waals surface area contributed by atoms with Crippen molar-refractivity contribution in [3.05, 3.63) is 46.3 Å². The van der Waals surface area contributed by atoms with Crippen molar-refractivity contribution in [2.24, 2.45) is 34.0 Å². The van der Waals surface area contributed by atoms with Crippen LogP contribution in [0.4, 0.5) is 0 Å². The number of esters is 1. The predicted molar refractivity (Wildman–Crippen MR) is 167 cm³/mol. The Balaban J connectivity index is 2.35. The summed E-state index contributed by atoms with van der Waals surface area (Å²) in [7, 11) is 1.33. The molecule has 42 heavy (non-hydrogen) atoms. The van der Waals surface area contributed by atoms with E-state index in [2.05, 4.69) is 19.9 Å².